The molecule has 0 radical (unpaired) electrons. The molecule has 1 atom stereocenters. The van der Waals surface area contributed by atoms with Crippen LogP contribution in [0, 0.1) is 17.4 Å². The van der Waals surface area contributed by atoms with Gasteiger partial charge in [-0.2, -0.15) is 5.26 Å². The first-order valence-corrected chi connectivity index (χ1v) is 5.76. The molecule has 0 bridgehead atoms. The number of hydrogen-bond donors (Lipinski definition) is 1. The fraction of sp³-hybridized carbons (Fsp3) is 0.385. The van der Waals surface area contributed by atoms with Gasteiger partial charge >= 0.3 is 0 Å². The lowest BCUT2D eigenvalue weighted by molar-refractivity contribution is -0.124. The van der Waals surface area contributed by atoms with E-state index < -0.39 is 0 Å². The third-order valence-electron chi connectivity index (χ3n) is 3.01. The summed E-state index contributed by atoms with van der Waals surface area (Å²) in [6.07, 6.45) is 2.85. The summed E-state index contributed by atoms with van der Waals surface area (Å²) in [7, 11) is 0. The molecule has 4 heteroatoms. The summed E-state index contributed by atoms with van der Waals surface area (Å²) in [4.78, 5) is 13.5. The number of nitrogens with zero attached hydrogens (tertiary/aromatic N) is 2. The summed E-state index contributed by atoms with van der Waals surface area (Å²) in [6.45, 7) is 1.81. The van der Waals surface area contributed by atoms with Gasteiger partial charge in [0.1, 0.15) is 0 Å². The van der Waals surface area contributed by atoms with Crippen LogP contribution in [0.15, 0.2) is 30.3 Å². The molecule has 1 aromatic carbocycles. The summed E-state index contributed by atoms with van der Waals surface area (Å²) in [5.41, 5.74) is 1.09. The lowest BCUT2D eigenvalue weighted by Gasteiger charge is -2.10. The van der Waals surface area contributed by atoms with E-state index in [4.69, 9.17) is 5.26 Å². The fourth-order valence-electron chi connectivity index (χ4n) is 1.99. The number of likely N-dealkylation sites (tertiary alicyclic amines) is 1. The molecule has 1 saturated heterocycles. The first-order chi connectivity index (χ1) is 8.29. The molecule has 1 N–H and O–H groups in total. The van der Waals surface area contributed by atoms with Gasteiger partial charge in [0.05, 0.1) is 5.92 Å². The molecule has 0 aliphatic carbocycles. The van der Waals surface area contributed by atoms with Gasteiger partial charge in [-0.1, -0.05) is 30.3 Å². The molecule has 0 unspecified atom stereocenters. The Kier molecular flexibility index (Phi) is 3.61. The third-order valence-corrected chi connectivity index (χ3v) is 3.01. The van der Waals surface area contributed by atoms with Crippen LogP contribution in [-0.4, -0.2) is 23.9 Å². The second-order valence-electron chi connectivity index (χ2n) is 4.24. The lowest BCUT2D eigenvalue weighted by atomic mass is 10.1. The smallest absolute Gasteiger partial charge is 0.225 e. The van der Waals surface area contributed by atoms with Gasteiger partial charge in [0.15, 0.2) is 6.19 Å². The number of nitrogens with one attached hydrogen (secondary N) is 1. The molecule has 88 valence electrons. The predicted octanol–water partition coefficient (Wildman–Crippen LogP) is 1.11. The van der Waals surface area contributed by atoms with Crippen molar-refractivity contribution in [1.82, 2.24) is 10.2 Å². The van der Waals surface area contributed by atoms with Gasteiger partial charge in [0.2, 0.25) is 5.91 Å². The Morgan fingerprint density at radius 3 is 2.88 bits per heavy atom. The molecule has 0 saturated carbocycles. The summed E-state index contributed by atoms with van der Waals surface area (Å²) < 4.78 is 0. The molecule has 0 aromatic heterocycles. The van der Waals surface area contributed by atoms with Crippen molar-refractivity contribution in [1.29, 1.82) is 5.26 Å². The molecule has 1 heterocycles. The normalized spacial score (nSPS) is 18.8. The van der Waals surface area contributed by atoms with E-state index in [0.717, 1.165) is 12.0 Å². The molecule has 0 spiro atoms. The van der Waals surface area contributed by atoms with Crippen molar-refractivity contribution in [2.24, 2.45) is 5.92 Å². The number of amides is 1. The second kappa shape index (κ2) is 5.35. The van der Waals surface area contributed by atoms with Gasteiger partial charge in [-0.3, -0.25) is 4.79 Å². The van der Waals surface area contributed by atoms with E-state index in [1.807, 2.05) is 30.3 Å². The number of benzene rings is 1. The molecule has 1 fully saturated rings. The zero-order chi connectivity index (χ0) is 12.1. The van der Waals surface area contributed by atoms with E-state index in [-0.39, 0.29) is 11.8 Å². The van der Waals surface area contributed by atoms with Gasteiger partial charge in [0, 0.05) is 19.6 Å². The maximum absolute atomic E-state index is 11.8. The van der Waals surface area contributed by atoms with Gasteiger partial charge < -0.3 is 10.2 Å². The van der Waals surface area contributed by atoms with Gasteiger partial charge in [0.25, 0.3) is 0 Å². The van der Waals surface area contributed by atoms with E-state index in [2.05, 4.69) is 11.5 Å². The molecule has 1 amide bonds. The van der Waals surface area contributed by atoms with Crippen molar-refractivity contribution in [3.63, 3.8) is 0 Å². The minimum atomic E-state index is -0.0432. The zero-order valence-electron chi connectivity index (χ0n) is 9.60. The van der Waals surface area contributed by atoms with Crippen molar-refractivity contribution in [3.05, 3.63) is 35.9 Å². The van der Waals surface area contributed by atoms with E-state index in [1.54, 1.807) is 4.90 Å². The molecule has 4 nitrogen and oxygen atoms in total. The Morgan fingerprint density at radius 2 is 2.24 bits per heavy atom. The number of rotatable bonds is 3. The van der Waals surface area contributed by atoms with Gasteiger partial charge in [-0.15, -0.1) is 0 Å². The highest BCUT2D eigenvalue weighted by Gasteiger charge is 2.27. The maximum atomic E-state index is 11.8. The standard InChI is InChI=1S/C13H15N3O/c14-10-16-7-6-12(9-16)13(17)15-8-11-4-2-1-3-5-11/h1-5,12H,6-9H2,(H,15,17)/t12-/m1/s1. The first-order valence-electron chi connectivity index (χ1n) is 5.76. The van der Waals surface area contributed by atoms with Crippen LogP contribution in [0.1, 0.15) is 12.0 Å². The Morgan fingerprint density at radius 1 is 1.47 bits per heavy atom. The molecular formula is C13H15N3O. The van der Waals surface area contributed by atoms with Crippen LogP contribution in [0.25, 0.3) is 0 Å². The van der Waals surface area contributed by atoms with Crippen LogP contribution < -0.4 is 5.32 Å². The molecule has 2 rings (SSSR count). The average molecular weight is 229 g/mol. The Hall–Kier alpha value is -2.02. The van der Waals surface area contributed by atoms with Crippen LogP contribution in [0.2, 0.25) is 0 Å². The summed E-state index contributed by atoms with van der Waals surface area (Å²) in [5.74, 6) is 0.00460. The monoisotopic (exact) mass is 229 g/mol. The number of nitriles is 1. The Bertz CT molecular complexity index is 424. The fourth-order valence-corrected chi connectivity index (χ4v) is 1.99. The highest BCUT2D eigenvalue weighted by Crippen LogP contribution is 2.15. The largest absolute Gasteiger partial charge is 0.352 e. The maximum Gasteiger partial charge on any atom is 0.225 e. The molecule has 17 heavy (non-hydrogen) atoms. The third kappa shape index (κ3) is 2.97. The predicted molar refractivity (Wildman–Crippen MR) is 63.6 cm³/mol. The molecule has 1 aromatic rings. The van der Waals surface area contributed by atoms with Gasteiger partial charge in [-0.05, 0) is 12.0 Å². The summed E-state index contributed by atoms with van der Waals surface area (Å²) >= 11 is 0. The topological polar surface area (TPSA) is 56.1 Å². The summed E-state index contributed by atoms with van der Waals surface area (Å²) in [6, 6.07) is 9.82. The lowest BCUT2D eigenvalue weighted by Crippen LogP contribution is -2.31. The quantitative estimate of drug-likeness (QED) is 0.790. The second-order valence-corrected chi connectivity index (χ2v) is 4.24. The van der Waals surface area contributed by atoms with Crippen LogP contribution in [0.5, 0.6) is 0 Å². The number of hydrogen-bond acceptors (Lipinski definition) is 3. The highest BCUT2D eigenvalue weighted by molar-refractivity contribution is 5.79. The van der Waals surface area contributed by atoms with E-state index in [1.165, 1.54) is 0 Å². The van der Waals surface area contributed by atoms with Gasteiger partial charge in [-0.25, -0.2) is 0 Å². The van der Waals surface area contributed by atoms with Crippen LogP contribution in [0.4, 0.5) is 0 Å². The molecule has 1 aliphatic heterocycles. The number of carbonyl (C=O) groups excluding carboxylic acids is 1. The van der Waals surface area contributed by atoms with Crippen molar-refractivity contribution in [2.45, 2.75) is 13.0 Å². The van der Waals surface area contributed by atoms with E-state index in [9.17, 15) is 4.79 Å². The van der Waals surface area contributed by atoms with Crippen LogP contribution >= 0.6 is 0 Å². The van der Waals surface area contributed by atoms with Crippen molar-refractivity contribution in [3.8, 4) is 6.19 Å². The van der Waals surface area contributed by atoms with Crippen molar-refractivity contribution < 1.29 is 4.79 Å². The average Bonchev–Trinajstić information content (AvgIpc) is 2.86. The SMILES string of the molecule is N#CN1CC[C@@H](C(=O)NCc2ccccc2)C1. The van der Waals surface area contributed by atoms with Crippen molar-refractivity contribution >= 4 is 5.91 Å². The minimum absolute atomic E-state index is 0.0432. The molecular weight excluding hydrogens is 214 g/mol. The van der Waals surface area contributed by atoms with E-state index >= 15 is 0 Å². The Balaban J connectivity index is 1.81. The highest BCUT2D eigenvalue weighted by atomic mass is 16.1. The Labute approximate surface area is 101 Å². The van der Waals surface area contributed by atoms with E-state index in [0.29, 0.717) is 19.6 Å². The van der Waals surface area contributed by atoms with Crippen LogP contribution in [0.3, 0.4) is 0 Å². The molecule has 1 aliphatic rings. The van der Waals surface area contributed by atoms with Crippen LogP contribution in [-0.2, 0) is 11.3 Å². The first kappa shape index (κ1) is 11.5. The summed E-state index contributed by atoms with van der Waals surface area (Å²) in [5, 5.41) is 11.6. The zero-order valence-corrected chi connectivity index (χ0v) is 9.60. The number of carbonyl (C=O) groups is 1. The van der Waals surface area contributed by atoms with Crippen molar-refractivity contribution in [2.75, 3.05) is 13.1 Å². The minimum Gasteiger partial charge on any atom is -0.352 e.